The first-order valence-corrected chi connectivity index (χ1v) is 11.2. The molecule has 9 nitrogen and oxygen atoms in total. The zero-order valence-electron chi connectivity index (χ0n) is 18.8. The topological polar surface area (TPSA) is 103 Å². The number of hydrogen-bond acceptors (Lipinski definition) is 8. The van der Waals surface area contributed by atoms with Gasteiger partial charge in [-0.05, 0) is 29.7 Å². The number of carboxylic acids is 1. The molecule has 0 spiro atoms. The number of aromatic nitrogens is 1. The van der Waals surface area contributed by atoms with Gasteiger partial charge in [0, 0.05) is 51.5 Å². The summed E-state index contributed by atoms with van der Waals surface area (Å²) in [6.45, 7) is 6.20. The fourth-order valence-corrected chi connectivity index (χ4v) is 4.00. The molecule has 2 aliphatic rings. The Morgan fingerprint density at radius 3 is 2.70 bits per heavy atom. The molecule has 2 aromatic rings. The molecule has 4 rings (SSSR count). The van der Waals surface area contributed by atoms with Gasteiger partial charge in [0.25, 0.3) is 0 Å². The van der Waals surface area contributed by atoms with Crippen molar-refractivity contribution in [2.75, 3.05) is 39.3 Å². The van der Waals surface area contributed by atoms with Crippen molar-refractivity contribution in [1.82, 2.24) is 20.2 Å². The summed E-state index contributed by atoms with van der Waals surface area (Å²) in [5.41, 5.74) is 7.22. The van der Waals surface area contributed by atoms with Crippen molar-refractivity contribution in [3.8, 4) is 0 Å². The van der Waals surface area contributed by atoms with Crippen LogP contribution in [0.2, 0.25) is 0 Å². The number of carbonyl (C=O) groups is 1. The highest BCUT2D eigenvalue weighted by atomic mass is 16.6. The molecular weight excluding hydrogens is 420 g/mol. The summed E-state index contributed by atoms with van der Waals surface area (Å²) in [6, 6.07) is 12.1. The molecule has 9 heteroatoms. The van der Waals surface area contributed by atoms with Crippen LogP contribution in [0.3, 0.4) is 0 Å². The van der Waals surface area contributed by atoms with Crippen LogP contribution in [0.25, 0.3) is 0 Å². The van der Waals surface area contributed by atoms with Crippen molar-refractivity contribution < 1.29 is 14.7 Å². The maximum atomic E-state index is 10.8. The van der Waals surface area contributed by atoms with Gasteiger partial charge in [0.05, 0.1) is 24.5 Å². The second-order valence-corrected chi connectivity index (χ2v) is 8.46. The average molecular weight is 451 g/mol. The van der Waals surface area contributed by atoms with Gasteiger partial charge in [0.1, 0.15) is 6.10 Å². The number of nitrogens with zero attached hydrogens (tertiary/aromatic N) is 5. The second kappa shape index (κ2) is 11.0. The molecule has 33 heavy (non-hydrogen) atoms. The van der Waals surface area contributed by atoms with E-state index in [0.717, 1.165) is 61.5 Å². The van der Waals surface area contributed by atoms with Gasteiger partial charge >= 0.3 is 5.97 Å². The van der Waals surface area contributed by atoms with E-state index in [2.05, 4.69) is 25.6 Å². The van der Waals surface area contributed by atoms with Crippen molar-refractivity contribution in [3.63, 3.8) is 0 Å². The SMILES string of the molecule is CC(N/N=C/c1ccc(C2=NOC(CN3CCN(CC(=O)O)CC3)C2)cc1)c1cccnc1. The van der Waals surface area contributed by atoms with Gasteiger partial charge < -0.3 is 15.4 Å². The number of nitrogens with one attached hydrogen (secondary N) is 1. The lowest BCUT2D eigenvalue weighted by Gasteiger charge is -2.34. The summed E-state index contributed by atoms with van der Waals surface area (Å²) < 4.78 is 0. The molecule has 2 aliphatic heterocycles. The third kappa shape index (κ3) is 6.59. The van der Waals surface area contributed by atoms with Gasteiger partial charge in [0.2, 0.25) is 0 Å². The van der Waals surface area contributed by atoms with Crippen LogP contribution in [0.1, 0.15) is 36.1 Å². The normalized spacial score (nSPS) is 20.4. The number of hydrogen-bond donors (Lipinski definition) is 2. The Morgan fingerprint density at radius 2 is 2.00 bits per heavy atom. The third-order valence-electron chi connectivity index (χ3n) is 5.93. The Balaban J connectivity index is 1.21. The summed E-state index contributed by atoms with van der Waals surface area (Å²) in [5.74, 6) is -0.770. The second-order valence-electron chi connectivity index (χ2n) is 8.46. The standard InChI is InChI=1S/C24H30N6O3/c1-18(21-3-2-8-25-15-21)27-26-14-19-4-6-20(7-5-19)23-13-22(33-28-23)16-29-9-11-30(12-10-29)17-24(31)32/h2-8,14-15,18,22,27H,9-13,16-17H2,1H3,(H,31,32)/b26-14+. The predicted molar refractivity (Wildman–Crippen MR) is 126 cm³/mol. The number of aliphatic carboxylic acids is 1. The highest BCUT2D eigenvalue weighted by Gasteiger charge is 2.26. The minimum absolute atomic E-state index is 0.0328. The van der Waals surface area contributed by atoms with Crippen LogP contribution in [-0.2, 0) is 9.63 Å². The smallest absolute Gasteiger partial charge is 0.317 e. The van der Waals surface area contributed by atoms with Crippen molar-refractivity contribution in [2.24, 2.45) is 10.3 Å². The first kappa shape index (κ1) is 22.9. The van der Waals surface area contributed by atoms with Crippen molar-refractivity contribution in [2.45, 2.75) is 25.5 Å². The molecule has 2 atom stereocenters. The van der Waals surface area contributed by atoms with E-state index < -0.39 is 5.97 Å². The van der Waals surface area contributed by atoms with Gasteiger partial charge in [-0.1, -0.05) is 35.5 Å². The van der Waals surface area contributed by atoms with E-state index in [1.165, 1.54) is 0 Å². The molecule has 0 bridgehead atoms. The lowest BCUT2D eigenvalue weighted by Crippen LogP contribution is -2.49. The first-order chi connectivity index (χ1) is 16.1. The van der Waals surface area contributed by atoms with E-state index in [9.17, 15) is 4.79 Å². The van der Waals surface area contributed by atoms with E-state index in [1.807, 2.05) is 54.4 Å². The zero-order chi connectivity index (χ0) is 23.0. The maximum Gasteiger partial charge on any atom is 0.317 e. The van der Waals surface area contributed by atoms with E-state index in [0.29, 0.717) is 0 Å². The number of piperazine rings is 1. The highest BCUT2D eigenvalue weighted by Crippen LogP contribution is 2.19. The number of oxime groups is 1. The molecule has 2 unspecified atom stereocenters. The molecule has 3 heterocycles. The largest absolute Gasteiger partial charge is 0.480 e. The molecule has 1 saturated heterocycles. The van der Waals surface area contributed by atoms with Crippen LogP contribution >= 0.6 is 0 Å². The molecule has 2 N–H and O–H groups in total. The monoisotopic (exact) mass is 450 g/mol. The Kier molecular flexibility index (Phi) is 7.64. The van der Waals surface area contributed by atoms with Gasteiger partial charge in [-0.15, -0.1) is 0 Å². The summed E-state index contributed by atoms with van der Waals surface area (Å²) in [5, 5.41) is 17.6. The number of rotatable bonds is 9. The van der Waals surface area contributed by atoms with Gasteiger partial charge in [-0.3, -0.25) is 19.6 Å². The summed E-state index contributed by atoms with van der Waals surface area (Å²) in [7, 11) is 0. The average Bonchev–Trinajstić information content (AvgIpc) is 3.29. The molecule has 0 saturated carbocycles. The Bertz CT molecular complexity index is 971. The van der Waals surface area contributed by atoms with Gasteiger partial charge in [0.15, 0.2) is 0 Å². The Hall–Kier alpha value is -3.30. The van der Waals surface area contributed by atoms with E-state index >= 15 is 0 Å². The van der Waals surface area contributed by atoms with Gasteiger partial charge in [-0.2, -0.15) is 5.10 Å². The summed E-state index contributed by atoms with van der Waals surface area (Å²) >= 11 is 0. The minimum Gasteiger partial charge on any atom is -0.480 e. The summed E-state index contributed by atoms with van der Waals surface area (Å²) in [6.07, 6.45) is 6.20. The van der Waals surface area contributed by atoms with Crippen LogP contribution in [0.5, 0.6) is 0 Å². The van der Waals surface area contributed by atoms with Crippen LogP contribution < -0.4 is 5.43 Å². The fourth-order valence-electron chi connectivity index (χ4n) is 4.00. The maximum absolute atomic E-state index is 10.8. The predicted octanol–water partition coefficient (Wildman–Crippen LogP) is 1.96. The fraction of sp³-hybridized carbons (Fsp3) is 0.417. The number of pyridine rings is 1. The molecule has 1 fully saturated rings. The van der Waals surface area contributed by atoms with E-state index in [4.69, 9.17) is 9.94 Å². The van der Waals surface area contributed by atoms with Gasteiger partial charge in [-0.25, -0.2) is 0 Å². The molecule has 0 amide bonds. The summed E-state index contributed by atoms with van der Waals surface area (Å²) in [4.78, 5) is 24.9. The molecule has 174 valence electrons. The van der Waals surface area contributed by atoms with Crippen LogP contribution in [0, 0.1) is 0 Å². The number of carboxylic acid groups (broad SMARTS) is 1. The van der Waals surface area contributed by atoms with Crippen LogP contribution in [0.4, 0.5) is 0 Å². The van der Waals surface area contributed by atoms with E-state index in [1.54, 1.807) is 12.4 Å². The number of hydrazone groups is 1. The molecule has 0 radical (unpaired) electrons. The molecule has 0 aliphatic carbocycles. The van der Waals surface area contributed by atoms with Crippen LogP contribution in [0.15, 0.2) is 59.0 Å². The minimum atomic E-state index is -0.770. The highest BCUT2D eigenvalue weighted by molar-refractivity contribution is 6.01. The lowest BCUT2D eigenvalue weighted by molar-refractivity contribution is -0.138. The van der Waals surface area contributed by atoms with Crippen molar-refractivity contribution >= 4 is 17.9 Å². The number of benzene rings is 1. The van der Waals surface area contributed by atoms with Crippen molar-refractivity contribution in [3.05, 3.63) is 65.5 Å². The third-order valence-corrected chi connectivity index (χ3v) is 5.93. The first-order valence-electron chi connectivity index (χ1n) is 11.2. The molecule has 1 aromatic heterocycles. The lowest BCUT2D eigenvalue weighted by atomic mass is 10.0. The Morgan fingerprint density at radius 1 is 1.24 bits per heavy atom. The molecule has 1 aromatic carbocycles. The van der Waals surface area contributed by atoms with Crippen molar-refractivity contribution in [1.29, 1.82) is 0 Å². The van der Waals surface area contributed by atoms with Crippen LogP contribution in [-0.4, -0.2) is 83.2 Å². The zero-order valence-corrected chi connectivity index (χ0v) is 18.8. The molecular formula is C24H30N6O3. The quantitative estimate of drug-likeness (QED) is 0.445. The Labute approximate surface area is 193 Å². The van der Waals surface area contributed by atoms with E-state index in [-0.39, 0.29) is 18.7 Å².